The van der Waals surface area contributed by atoms with E-state index in [0.717, 1.165) is 25.9 Å². The van der Waals surface area contributed by atoms with E-state index < -0.39 is 0 Å². The van der Waals surface area contributed by atoms with Crippen molar-refractivity contribution < 1.29 is 4.74 Å². The van der Waals surface area contributed by atoms with Gasteiger partial charge in [0.2, 0.25) is 0 Å². The van der Waals surface area contributed by atoms with Crippen LogP contribution in [-0.2, 0) is 4.74 Å². The van der Waals surface area contributed by atoms with Crippen LogP contribution in [0.15, 0.2) is 0 Å². The fraction of sp³-hybridized carbons (Fsp3) is 1.00. The predicted molar refractivity (Wildman–Crippen MR) is 67.1 cm³/mol. The van der Waals surface area contributed by atoms with Crippen molar-refractivity contribution in [1.82, 2.24) is 0 Å². The summed E-state index contributed by atoms with van der Waals surface area (Å²) in [5.41, 5.74) is 6.19. The standard InChI is InChI=1S/C13H29NO/c1-5-9-10-11-12(14)13(6-2,7-3)15-8-4/h12H,5-11,14H2,1-4H3. The monoisotopic (exact) mass is 215 g/mol. The summed E-state index contributed by atoms with van der Waals surface area (Å²) in [6.07, 6.45) is 6.90. The van der Waals surface area contributed by atoms with Gasteiger partial charge in [-0.05, 0) is 26.2 Å². The van der Waals surface area contributed by atoms with Gasteiger partial charge < -0.3 is 10.5 Å². The molecule has 1 atom stereocenters. The van der Waals surface area contributed by atoms with Crippen molar-refractivity contribution in [3.8, 4) is 0 Å². The Labute approximate surface area is 95.6 Å². The normalized spacial score (nSPS) is 14.2. The first-order valence-corrected chi connectivity index (χ1v) is 6.56. The van der Waals surface area contributed by atoms with Gasteiger partial charge in [-0.2, -0.15) is 0 Å². The quantitative estimate of drug-likeness (QED) is 0.598. The van der Waals surface area contributed by atoms with Gasteiger partial charge in [0, 0.05) is 12.6 Å². The Morgan fingerprint density at radius 3 is 2.07 bits per heavy atom. The van der Waals surface area contributed by atoms with Crippen molar-refractivity contribution in [1.29, 1.82) is 0 Å². The maximum atomic E-state index is 6.28. The van der Waals surface area contributed by atoms with E-state index in [1.165, 1.54) is 19.3 Å². The molecule has 0 amide bonds. The second-order valence-electron chi connectivity index (χ2n) is 4.31. The highest BCUT2D eigenvalue weighted by molar-refractivity contribution is 4.89. The third-order valence-electron chi connectivity index (χ3n) is 3.42. The largest absolute Gasteiger partial charge is 0.374 e. The van der Waals surface area contributed by atoms with Crippen LogP contribution < -0.4 is 5.73 Å². The third kappa shape index (κ3) is 4.52. The number of unbranched alkanes of at least 4 members (excludes halogenated alkanes) is 2. The first-order valence-electron chi connectivity index (χ1n) is 6.56. The topological polar surface area (TPSA) is 35.2 Å². The fourth-order valence-corrected chi connectivity index (χ4v) is 2.25. The van der Waals surface area contributed by atoms with Crippen LogP contribution in [0.3, 0.4) is 0 Å². The molecule has 92 valence electrons. The van der Waals surface area contributed by atoms with Crippen molar-refractivity contribution >= 4 is 0 Å². The van der Waals surface area contributed by atoms with Crippen molar-refractivity contribution in [3.63, 3.8) is 0 Å². The SMILES string of the molecule is CCCCCC(N)C(CC)(CC)OCC. The summed E-state index contributed by atoms with van der Waals surface area (Å²) in [6.45, 7) is 9.40. The lowest BCUT2D eigenvalue weighted by Crippen LogP contribution is -2.49. The number of rotatable bonds is 9. The fourth-order valence-electron chi connectivity index (χ4n) is 2.25. The molecule has 2 nitrogen and oxygen atoms in total. The molecule has 0 saturated carbocycles. The van der Waals surface area contributed by atoms with E-state index in [0.29, 0.717) is 0 Å². The summed E-state index contributed by atoms with van der Waals surface area (Å²) < 4.78 is 5.90. The summed E-state index contributed by atoms with van der Waals surface area (Å²) in [7, 11) is 0. The molecule has 0 aromatic carbocycles. The van der Waals surface area contributed by atoms with Crippen LogP contribution in [-0.4, -0.2) is 18.2 Å². The Kier molecular flexibility index (Phi) is 8.07. The van der Waals surface area contributed by atoms with Gasteiger partial charge >= 0.3 is 0 Å². The van der Waals surface area contributed by atoms with E-state index >= 15 is 0 Å². The molecule has 2 heteroatoms. The number of nitrogens with two attached hydrogens (primary N) is 1. The second kappa shape index (κ2) is 8.12. The number of ether oxygens (including phenoxy) is 1. The lowest BCUT2D eigenvalue weighted by atomic mass is 9.85. The van der Waals surface area contributed by atoms with E-state index in [4.69, 9.17) is 10.5 Å². The first-order chi connectivity index (χ1) is 7.16. The minimum absolute atomic E-state index is 0.0809. The summed E-state index contributed by atoms with van der Waals surface area (Å²) >= 11 is 0. The molecule has 0 saturated heterocycles. The van der Waals surface area contributed by atoms with Gasteiger partial charge in [-0.3, -0.25) is 0 Å². The van der Waals surface area contributed by atoms with Crippen LogP contribution in [0.4, 0.5) is 0 Å². The van der Waals surface area contributed by atoms with E-state index in [1.807, 2.05) is 0 Å². The van der Waals surface area contributed by atoms with E-state index in [1.54, 1.807) is 0 Å². The molecule has 0 aromatic rings. The molecule has 2 N–H and O–H groups in total. The molecule has 0 aliphatic carbocycles. The number of hydrogen-bond donors (Lipinski definition) is 1. The van der Waals surface area contributed by atoms with E-state index in [9.17, 15) is 0 Å². The van der Waals surface area contributed by atoms with Crippen LogP contribution in [0, 0.1) is 0 Å². The highest BCUT2D eigenvalue weighted by Crippen LogP contribution is 2.26. The molecular formula is C13H29NO. The van der Waals surface area contributed by atoms with Crippen LogP contribution in [0.2, 0.25) is 0 Å². The summed E-state index contributed by atoms with van der Waals surface area (Å²) in [5, 5.41) is 0. The van der Waals surface area contributed by atoms with Gasteiger partial charge in [0.05, 0.1) is 5.60 Å². The van der Waals surface area contributed by atoms with Gasteiger partial charge in [-0.15, -0.1) is 0 Å². The Bertz CT molecular complexity index is 143. The van der Waals surface area contributed by atoms with Crippen LogP contribution >= 0.6 is 0 Å². The zero-order valence-corrected chi connectivity index (χ0v) is 11.0. The van der Waals surface area contributed by atoms with Gasteiger partial charge in [-0.25, -0.2) is 0 Å². The summed E-state index contributed by atoms with van der Waals surface area (Å²) in [5.74, 6) is 0. The molecular weight excluding hydrogens is 186 g/mol. The Hall–Kier alpha value is -0.0800. The molecule has 0 bridgehead atoms. The van der Waals surface area contributed by atoms with Crippen LogP contribution in [0.5, 0.6) is 0 Å². The lowest BCUT2D eigenvalue weighted by Gasteiger charge is -2.37. The van der Waals surface area contributed by atoms with Gasteiger partial charge in [0.15, 0.2) is 0 Å². The maximum absolute atomic E-state index is 6.28. The molecule has 0 radical (unpaired) electrons. The second-order valence-corrected chi connectivity index (χ2v) is 4.31. The molecule has 0 rings (SSSR count). The molecule has 15 heavy (non-hydrogen) atoms. The average Bonchev–Trinajstić information content (AvgIpc) is 2.26. The smallest absolute Gasteiger partial charge is 0.0827 e. The molecule has 0 spiro atoms. The zero-order valence-electron chi connectivity index (χ0n) is 11.0. The third-order valence-corrected chi connectivity index (χ3v) is 3.42. The summed E-state index contributed by atoms with van der Waals surface area (Å²) in [4.78, 5) is 0. The van der Waals surface area contributed by atoms with E-state index in [2.05, 4.69) is 27.7 Å². The molecule has 1 unspecified atom stereocenters. The van der Waals surface area contributed by atoms with Crippen LogP contribution in [0.25, 0.3) is 0 Å². The Morgan fingerprint density at radius 1 is 1.07 bits per heavy atom. The van der Waals surface area contributed by atoms with Gasteiger partial charge in [0.1, 0.15) is 0 Å². The molecule has 0 aromatic heterocycles. The molecule has 0 aliphatic heterocycles. The minimum Gasteiger partial charge on any atom is -0.374 e. The maximum Gasteiger partial charge on any atom is 0.0827 e. The van der Waals surface area contributed by atoms with Gasteiger partial charge in [0.25, 0.3) is 0 Å². The average molecular weight is 215 g/mol. The molecule has 0 aliphatic rings. The predicted octanol–water partition coefficient (Wildman–Crippen LogP) is 3.49. The van der Waals surface area contributed by atoms with Crippen molar-refractivity contribution in [3.05, 3.63) is 0 Å². The first kappa shape index (κ1) is 14.9. The zero-order chi connectivity index (χ0) is 11.7. The van der Waals surface area contributed by atoms with E-state index in [-0.39, 0.29) is 11.6 Å². The highest BCUT2D eigenvalue weighted by atomic mass is 16.5. The van der Waals surface area contributed by atoms with Crippen LogP contribution in [0.1, 0.15) is 66.2 Å². The lowest BCUT2D eigenvalue weighted by molar-refractivity contribution is -0.0654. The van der Waals surface area contributed by atoms with Gasteiger partial charge in [-0.1, -0.05) is 40.0 Å². The Balaban J connectivity index is 4.19. The molecule has 0 heterocycles. The minimum atomic E-state index is -0.0809. The van der Waals surface area contributed by atoms with Crippen molar-refractivity contribution in [2.45, 2.75) is 77.9 Å². The molecule has 0 fully saturated rings. The van der Waals surface area contributed by atoms with Crippen molar-refractivity contribution in [2.75, 3.05) is 6.61 Å². The Morgan fingerprint density at radius 2 is 1.67 bits per heavy atom. The van der Waals surface area contributed by atoms with Crippen molar-refractivity contribution in [2.24, 2.45) is 5.73 Å². The summed E-state index contributed by atoms with van der Waals surface area (Å²) in [6, 6.07) is 0.194. The highest BCUT2D eigenvalue weighted by Gasteiger charge is 2.33. The number of hydrogen-bond acceptors (Lipinski definition) is 2.